The van der Waals surface area contributed by atoms with E-state index in [0.717, 1.165) is 49.4 Å². The molecule has 2 amide bonds. The highest BCUT2D eigenvalue weighted by molar-refractivity contribution is 7.27. The number of nitrogens with zero attached hydrogens (tertiary/aromatic N) is 4. The summed E-state index contributed by atoms with van der Waals surface area (Å²) in [6.07, 6.45) is 1.88. The molecule has 4 heterocycles. The zero-order chi connectivity index (χ0) is 19.3. The van der Waals surface area contributed by atoms with E-state index < -0.39 is 0 Å². The molecule has 2 saturated heterocycles. The molecule has 0 bridgehead atoms. The maximum atomic E-state index is 13.0. The summed E-state index contributed by atoms with van der Waals surface area (Å²) in [7, 11) is 2.66. The molecule has 0 aliphatic carbocycles. The second-order valence-electron chi connectivity index (χ2n) is 7.98. The van der Waals surface area contributed by atoms with Gasteiger partial charge in [0.15, 0.2) is 0 Å². The summed E-state index contributed by atoms with van der Waals surface area (Å²) < 4.78 is 5.66. The maximum Gasteiger partial charge on any atom is 0.324 e. The van der Waals surface area contributed by atoms with Gasteiger partial charge in [-0.25, -0.2) is 4.79 Å². The number of benzene rings is 1. The van der Waals surface area contributed by atoms with Crippen molar-refractivity contribution in [1.82, 2.24) is 14.8 Å². The van der Waals surface area contributed by atoms with Crippen LogP contribution in [0.1, 0.15) is 5.69 Å². The van der Waals surface area contributed by atoms with E-state index in [1.807, 2.05) is 22.1 Å². The lowest BCUT2D eigenvalue weighted by molar-refractivity contribution is -0.0978. The molecule has 6 nitrogen and oxygen atoms in total. The lowest BCUT2D eigenvalue weighted by Crippen LogP contribution is -2.73. The van der Waals surface area contributed by atoms with Gasteiger partial charge in [-0.3, -0.25) is 14.8 Å². The highest BCUT2D eigenvalue weighted by Gasteiger charge is 2.53. The van der Waals surface area contributed by atoms with E-state index in [-0.39, 0.29) is 11.4 Å². The molecule has 0 radical (unpaired) electrons. The molecule has 1 aromatic carbocycles. The number of carbonyl (C=O) groups is 1. The predicted molar refractivity (Wildman–Crippen MR) is 113 cm³/mol. The number of urea groups is 1. The number of ether oxygens (including phenoxy) is 1. The van der Waals surface area contributed by atoms with E-state index in [9.17, 15) is 4.79 Å². The molecular formula is C20H22ClN4O2P. The number of likely N-dealkylation sites (tertiary alicyclic amines) is 2. The first-order chi connectivity index (χ1) is 13.5. The van der Waals surface area contributed by atoms with Crippen LogP contribution in [0.15, 0.2) is 36.5 Å². The summed E-state index contributed by atoms with van der Waals surface area (Å²) in [4.78, 5) is 23.6. The minimum atomic E-state index is 0.0636. The van der Waals surface area contributed by atoms with Crippen LogP contribution >= 0.6 is 20.8 Å². The lowest BCUT2D eigenvalue weighted by Gasteiger charge is -2.60. The molecule has 146 valence electrons. The number of halogens is 1. The molecule has 8 heteroatoms. The molecule has 1 aromatic heterocycles. The molecular weight excluding hydrogens is 395 g/mol. The van der Waals surface area contributed by atoms with E-state index in [0.29, 0.717) is 23.9 Å². The van der Waals surface area contributed by atoms with Gasteiger partial charge in [-0.15, -0.1) is 9.24 Å². The van der Waals surface area contributed by atoms with Gasteiger partial charge in [0.2, 0.25) is 0 Å². The van der Waals surface area contributed by atoms with Crippen LogP contribution < -0.4 is 14.9 Å². The summed E-state index contributed by atoms with van der Waals surface area (Å²) >= 11 is 6.04. The molecule has 0 saturated carbocycles. The van der Waals surface area contributed by atoms with E-state index >= 15 is 0 Å². The standard InChI is InChI=1S/C20H22ClN4O2P/c21-14-1-4-17-18(7-14)27-6-5-25(17)19(26)24-12-20(13-24)10-23(11-20)9-15-2-3-16(28)8-22-15/h1-4,7-8H,5-6,9-13,28H2. The van der Waals surface area contributed by atoms with Gasteiger partial charge in [-0.05, 0) is 23.5 Å². The number of rotatable bonds is 2. The van der Waals surface area contributed by atoms with Crippen LogP contribution in [-0.2, 0) is 6.54 Å². The van der Waals surface area contributed by atoms with Crippen molar-refractivity contribution >= 4 is 37.9 Å². The fourth-order valence-corrected chi connectivity index (χ4v) is 4.77. The van der Waals surface area contributed by atoms with Crippen molar-refractivity contribution in [2.45, 2.75) is 6.54 Å². The highest BCUT2D eigenvalue weighted by Crippen LogP contribution is 2.42. The first kappa shape index (κ1) is 18.2. The topological polar surface area (TPSA) is 48.9 Å². The number of hydrogen-bond acceptors (Lipinski definition) is 4. The van der Waals surface area contributed by atoms with Crippen molar-refractivity contribution in [1.29, 1.82) is 0 Å². The molecule has 3 aliphatic heterocycles. The molecule has 1 atom stereocenters. The van der Waals surface area contributed by atoms with Crippen LogP contribution in [0.25, 0.3) is 0 Å². The fourth-order valence-electron chi connectivity index (χ4n) is 4.43. The molecule has 28 heavy (non-hydrogen) atoms. The number of hydrogen-bond donors (Lipinski definition) is 0. The van der Waals surface area contributed by atoms with Crippen molar-refractivity contribution in [2.75, 3.05) is 44.2 Å². The normalized spacial score (nSPS) is 20.2. The van der Waals surface area contributed by atoms with Crippen molar-refractivity contribution in [3.63, 3.8) is 0 Å². The number of fused-ring (bicyclic) bond motifs is 1. The van der Waals surface area contributed by atoms with Gasteiger partial charge in [0.1, 0.15) is 12.4 Å². The van der Waals surface area contributed by atoms with Crippen LogP contribution in [0.4, 0.5) is 10.5 Å². The van der Waals surface area contributed by atoms with Gasteiger partial charge in [-0.2, -0.15) is 0 Å². The first-order valence-electron chi connectivity index (χ1n) is 9.43. The smallest absolute Gasteiger partial charge is 0.324 e. The third-order valence-corrected chi connectivity index (χ3v) is 6.27. The van der Waals surface area contributed by atoms with Crippen LogP contribution in [0, 0.1) is 5.41 Å². The predicted octanol–water partition coefficient (Wildman–Crippen LogP) is 2.37. The number of pyridine rings is 1. The van der Waals surface area contributed by atoms with E-state index in [4.69, 9.17) is 16.3 Å². The van der Waals surface area contributed by atoms with Gasteiger partial charge >= 0.3 is 6.03 Å². The van der Waals surface area contributed by atoms with Crippen molar-refractivity contribution in [2.24, 2.45) is 5.41 Å². The van der Waals surface area contributed by atoms with Gasteiger partial charge in [0, 0.05) is 55.4 Å². The zero-order valence-electron chi connectivity index (χ0n) is 15.5. The third-order valence-electron chi connectivity index (χ3n) is 5.69. The Morgan fingerprint density at radius 1 is 1.21 bits per heavy atom. The molecule has 0 N–H and O–H groups in total. The lowest BCUT2D eigenvalue weighted by atomic mass is 9.73. The van der Waals surface area contributed by atoms with Crippen molar-refractivity contribution in [3.05, 3.63) is 47.2 Å². The molecule has 1 spiro atoms. The quantitative estimate of drug-likeness (QED) is 0.705. The van der Waals surface area contributed by atoms with Crippen molar-refractivity contribution < 1.29 is 9.53 Å². The Bertz CT molecular complexity index is 909. The van der Waals surface area contributed by atoms with Gasteiger partial charge in [0.25, 0.3) is 0 Å². The summed E-state index contributed by atoms with van der Waals surface area (Å²) in [5, 5.41) is 1.72. The zero-order valence-corrected chi connectivity index (χ0v) is 17.4. The monoisotopic (exact) mass is 416 g/mol. The first-order valence-corrected chi connectivity index (χ1v) is 10.4. The Kier molecular flexibility index (Phi) is 4.46. The Balaban J connectivity index is 1.17. The molecule has 1 unspecified atom stereocenters. The van der Waals surface area contributed by atoms with E-state index in [1.54, 1.807) is 12.1 Å². The number of amides is 2. The number of anilines is 1. The fraction of sp³-hybridized carbons (Fsp3) is 0.400. The maximum absolute atomic E-state index is 13.0. The second-order valence-corrected chi connectivity index (χ2v) is 9.08. The van der Waals surface area contributed by atoms with Crippen molar-refractivity contribution in [3.8, 4) is 5.75 Å². The van der Waals surface area contributed by atoms with Gasteiger partial charge < -0.3 is 9.64 Å². The SMILES string of the molecule is O=C(N1CC2(CN(Cc3ccc(P)cn3)C2)C1)N1CCOc2cc(Cl)ccc21. The Morgan fingerprint density at radius 3 is 2.79 bits per heavy atom. The average Bonchev–Trinajstić information content (AvgIpc) is 2.63. The van der Waals surface area contributed by atoms with E-state index in [2.05, 4.69) is 31.3 Å². The van der Waals surface area contributed by atoms with Crippen LogP contribution in [-0.4, -0.2) is 60.1 Å². The molecule has 2 aromatic rings. The van der Waals surface area contributed by atoms with Crippen LogP contribution in [0.3, 0.4) is 0 Å². The second kappa shape index (κ2) is 6.87. The number of aromatic nitrogens is 1. The van der Waals surface area contributed by atoms with Gasteiger partial charge in [0.05, 0.1) is 17.9 Å². The minimum absolute atomic E-state index is 0.0636. The third kappa shape index (κ3) is 3.24. The summed E-state index contributed by atoms with van der Waals surface area (Å²) in [5.74, 6) is 0.682. The minimum Gasteiger partial charge on any atom is -0.489 e. The largest absolute Gasteiger partial charge is 0.489 e. The molecule has 2 fully saturated rings. The van der Waals surface area contributed by atoms with Crippen LogP contribution in [0.5, 0.6) is 5.75 Å². The van der Waals surface area contributed by atoms with Crippen LogP contribution in [0.2, 0.25) is 5.02 Å². The average molecular weight is 417 g/mol. The molecule has 5 rings (SSSR count). The Hall–Kier alpha value is -1.88. The van der Waals surface area contributed by atoms with E-state index in [1.165, 1.54) is 0 Å². The summed E-state index contributed by atoms with van der Waals surface area (Å²) in [5.41, 5.74) is 2.16. The summed E-state index contributed by atoms with van der Waals surface area (Å²) in [6, 6.07) is 9.65. The Morgan fingerprint density at radius 2 is 2.04 bits per heavy atom. The number of carbonyl (C=O) groups excluding carboxylic acids is 1. The highest BCUT2D eigenvalue weighted by atomic mass is 35.5. The Labute approximate surface area is 171 Å². The van der Waals surface area contributed by atoms with Gasteiger partial charge in [-0.1, -0.05) is 17.7 Å². The summed E-state index contributed by atoms with van der Waals surface area (Å²) in [6.45, 7) is 5.63. The molecule has 3 aliphatic rings.